The molecule has 0 spiro atoms. The third-order valence-corrected chi connectivity index (χ3v) is 6.13. The van der Waals surface area contributed by atoms with Crippen molar-refractivity contribution in [3.63, 3.8) is 0 Å². The van der Waals surface area contributed by atoms with Crippen LogP contribution in [0.15, 0.2) is 24.3 Å². The molecule has 4 atom stereocenters. The molecular formula is C24H36N4O8S. The minimum Gasteiger partial charge on any atom is -0.508 e. The maximum atomic E-state index is 13.0. The number of thioether (sulfide) groups is 1. The van der Waals surface area contributed by atoms with Crippen LogP contribution in [0.25, 0.3) is 0 Å². The van der Waals surface area contributed by atoms with Gasteiger partial charge in [-0.3, -0.25) is 19.2 Å². The summed E-state index contributed by atoms with van der Waals surface area (Å²) < 4.78 is 0. The van der Waals surface area contributed by atoms with Crippen molar-refractivity contribution >= 4 is 41.4 Å². The Morgan fingerprint density at radius 3 is 2.00 bits per heavy atom. The number of carboxylic acids is 2. The first-order chi connectivity index (χ1) is 17.3. The number of aromatic hydroxyl groups is 1. The highest BCUT2D eigenvalue weighted by Gasteiger charge is 2.32. The Balaban J connectivity index is 3.00. The molecule has 206 valence electrons. The fourth-order valence-electron chi connectivity index (χ4n) is 3.31. The summed E-state index contributed by atoms with van der Waals surface area (Å²) in [6, 6.07) is 1.12. The second-order valence-electron chi connectivity index (χ2n) is 8.88. The molecule has 0 heterocycles. The van der Waals surface area contributed by atoms with Crippen LogP contribution in [-0.4, -0.2) is 81.2 Å². The van der Waals surface area contributed by atoms with E-state index in [1.165, 1.54) is 36.0 Å². The van der Waals surface area contributed by atoms with E-state index in [4.69, 9.17) is 10.8 Å². The number of hydrogen-bond acceptors (Lipinski definition) is 8. The van der Waals surface area contributed by atoms with Crippen LogP contribution in [0.4, 0.5) is 0 Å². The van der Waals surface area contributed by atoms with Gasteiger partial charge in [0.15, 0.2) is 0 Å². The zero-order valence-electron chi connectivity index (χ0n) is 21.1. The largest absolute Gasteiger partial charge is 0.508 e. The molecule has 1 aromatic rings. The van der Waals surface area contributed by atoms with Crippen LogP contribution in [0.1, 0.15) is 38.7 Å². The predicted molar refractivity (Wildman–Crippen MR) is 138 cm³/mol. The van der Waals surface area contributed by atoms with Crippen molar-refractivity contribution in [2.24, 2.45) is 11.7 Å². The lowest BCUT2D eigenvalue weighted by molar-refractivity contribution is -0.143. The summed E-state index contributed by atoms with van der Waals surface area (Å²) in [4.78, 5) is 61.3. The molecule has 0 radical (unpaired) electrons. The topological polar surface area (TPSA) is 208 Å². The van der Waals surface area contributed by atoms with Crippen LogP contribution >= 0.6 is 11.8 Å². The minimum absolute atomic E-state index is 0.00638. The van der Waals surface area contributed by atoms with E-state index in [1.807, 2.05) is 6.26 Å². The normalized spacial score (nSPS) is 14.2. The predicted octanol–water partition coefficient (Wildman–Crippen LogP) is 0.0749. The summed E-state index contributed by atoms with van der Waals surface area (Å²) in [5.41, 5.74) is 6.41. The van der Waals surface area contributed by atoms with Crippen molar-refractivity contribution < 1.29 is 39.3 Å². The van der Waals surface area contributed by atoms with Crippen molar-refractivity contribution in [3.05, 3.63) is 29.8 Å². The molecule has 8 N–H and O–H groups in total. The van der Waals surface area contributed by atoms with E-state index in [2.05, 4.69) is 16.0 Å². The Morgan fingerprint density at radius 1 is 0.892 bits per heavy atom. The summed E-state index contributed by atoms with van der Waals surface area (Å²) in [6.07, 6.45) is 1.40. The van der Waals surface area contributed by atoms with Crippen LogP contribution < -0.4 is 21.7 Å². The van der Waals surface area contributed by atoms with E-state index in [9.17, 15) is 34.2 Å². The molecule has 0 bridgehead atoms. The molecule has 0 aliphatic rings. The lowest BCUT2D eigenvalue weighted by Gasteiger charge is -2.27. The quantitative estimate of drug-likeness (QED) is 0.150. The third-order valence-electron chi connectivity index (χ3n) is 5.49. The van der Waals surface area contributed by atoms with Crippen LogP contribution in [0.3, 0.4) is 0 Å². The van der Waals surface area contributed by atoms with E-state index < -0.39 is 60.2 Å². The Kier molecular flexibility index (Phi) is 13.5. The molecular weight excluding hydrogens is 504 g/mol. The van der Waals surface area contributed by atoms with Gasteiger partial charge in [0, 0.05) is 12.8 Å². The van der Waals surface area contributed by atoms with Gasteiger partial charge >= 0.3 is 11.9 Å². The van der Waals surface area contributed by atoms with Gasteiger partial charge in [-0.05, 0) is 48.5 Å². The number of nitrogens with one attached hydrogen (secondary N) is 3. The number of amides is 3. The average molecular weight is 541 g/mol. The summed E-state index contributed by atoms with van der Waals surface area (Å²) >= 11 is 1.52. The number of phenols is 1. The second kappa shape index (κ2) is 15.7. The van der Waals surface area contributed by atoms with Crippen LogP contribution in [0.5, 0.6) is 5.75 Å². The van der Waals surface area contributed by atoms with Gasteiger partial charge in [0.05, 0.1) is 6.04 Å². The van der Waals surface area contributed by atoms with E-state index in [1.54, 1.807) is 13.8 Å². The molecule has 0 saturated carbocycles. The SMILES string of the molecule is CSCCC(N)C(=O)NC(C(=O)NC(CCC(=O)O)C(=O)NC(Cc1ccc(O)cc1)C(=O)O)C(C)C. The Labute approximate surface area is 219 Å². The molecule has 0 aliphatic heterocycles. The third kappa shape index (κ3) is 11.5. The fourth-order valence-corrected chi connectivity index (χ4v) is 3.80. The molecule has 12 nitrogen and oxygen atoms in total. The first-order valence-electron chi connectivity index (χ1n) is 11.7. The molecule has 0 aromatic heterocycles. The van der Waals surface area contributed by atoms with E-state index >= 15 is 0 Å². The Hall–Kier alpha value is -3.32. The van der Waals surface area contributed by atoms with Gasteiger partial charge in [0.25, 0.3) is 0 Å². The maximum absolute atomic E-state index is 13.0. The monoisotopic (exact) mass is 540 g/mol. The van der Waals surface area contributed by atoms with E-state index in [0.29, 0.717) is 17.7 Å². The van der Waals surface area contributed by atoms with Gasteiger partial charge in [-0.25, -0.2) is 4.79 Å². The molecule has 1 aromatic carbocycles. The second-order valence-corrected chi connectivity index (χ2v) is 9.87. The van der Waals surface area contributed by atoms with E-state index in [-0.39, 0.29) is 24.5 Å². The maximum Gasteiger partial charge on any atom is 0.326 e. The number of nitrogens with two attached hydrogens (primary N) is 1. The number of carboxylic acid groups (broad SMARTS) is 2. The summed E-state index contributed by atoms with van der Waals surface area (Å²) in [5.74, 6) is -4.43. The van der Waals surface area contributed by atoms with Gasteiger partial charge in [-0.15, -0.1) is 0 Å². The fraction of sp³-hybridized carbons (Fsp3) is 0.542. The number of benzene rings is 1. The van der Waals surface area contributed by atoms with Crippen molar-refractivity contribution in [2.75, 3.05) is 12.0 Å². The highest BCUT2D eigenvalue weighted by molar-refractivity contribution is 7.98. The average Bonchev–Trinajstić information content (AvgIpc) is 2.83. The van der Waals surface area contributed by atoms with Gasteiger partial charge in [0.1, 0.15) is 23.9 Å². The molecule has 3 amide bonds. The number of carbonyl (C=O) groups is 5. The zero-order chi connectivity index (χ0) is 28.1. The molecule has 13 heteroatoms. The van der Waals surface area contributed by atoms with Crippen molar-refractivity contribution in [1.29, 1.82) is 0 Å². The van der Waals surface area contributed by atoms with Crippen molar-refractivity contribution in [2.45, 2.75) is 63.7 Å². The number of rotatable bonds is 16. The van der Waals surface area contributed by atoms with Gasteiger partial charge in [0.2, 0.25) is 17.7 Å². The zero-order valence-corrected chi connectivity index (χ0v) is 21.9. The van der Waals surface area contributed by atoms with Crippen LogP contribution in [-0.2, 0) is 30.4 Å². The standard InChI is InChI=1S/C24H36N4O8S/c1-13(2)20(28-21(32)16(25)10-11-37-3)23(34)26-17(8-9-19(30)31)22(33)27-18(24(35)36)12-14-4-6-15(29)7-5-14/h4-7,13,16-18,20,29H,8-12,25H2,1-3H3,(H,26,34)(H,27,33)(H,28,32)(H,30,31)(H,35,36). The van der Waals surface area contributed by atoms with Gasteiger partial charge < -0.3 is 37.0 Å². The summed E-state index contributed by atoms with van der Waals surface area (Å²) in [7, 11) is 0. The molecule has 0 saturated heterocycles. The summed E-state index contributed by atoms with van der Waals surface area (Å²) in [5, 5.41) is 35.5. The van der Waals surface area contributed by atoms with Gasteiger partial charge in [-0.1, -0.05) is 26.0 Å². The first-order valence-corrected chi connectivity index (χ1v) is 13.1. The molecule has 37 heavy (non-hydrogen) atoms. The molecule has 0 fully saturated rings. The lowest BCUT2D eigenvalue weighted by Crippen LogP contribution is -2.58. The Morgan fingerprint density at radius 2 is 1.49 bits per heavy atom. The molecule has 1 rings (SSSR count). The number of aliphatic carboxylic acids is 2. The smallest absolute Gasteiger partial charge is 0.326 e. The molecule has 0 aliphatic carbocycles. The van der Waals surface area contributed by atoms with E-state index in [0.717, 1.165) is 0 Å². The number of carbonyl (C=O) groups excluding carboxylic acids is 3. The number of hydrogen-bond donors (Lipinski definition) is 7. The minimum atomic E-state index is -1.38. The van der Waals surface area contributed by atoms with Crippen LogP contribution in [0, 0.1) is 5.92 Å². The Bertz CT molecular complexity index is 941. The summed E-state index contributed by atoms with van der Waals surface area (Å²) in [6.45, 7) is 3.37. The van der Waals surface area contributed by atoms with Gasteiger partial charge in [-0.2, -0.15) is 11.8 Å². The number of phenolic OH excluding ortho intramolecular Hbond substituents is 1. The highest BCUT2D eigenvalue weighted by atomic mass is 32.2. The van der Waals surface area contributed by atoms with Crippen molar-refractivity contribution in [3.8, 4) is 5.75 Å². The molecule has 4 unspecified atom stereocenters. The van der Waals surface area contributed by atoms with Crippen LogP contribution in [0.2, 0.25) is 0 Å². The first kappa shape index (κ1) is 31.7. The highest BCUT2D eigenvalue weighted by Crippen LogP contribution is 2.12. The van der Waals surface area contributed by atoms with Crippen molar-refractivity contribution in [1.82, 2.24) is 16.0 Å². The lowest BCUT2D eigenvalue weighted by atomic mass is 10.0.